The summed E-state index contributed by atoms with van der Waals surface area (Å²) in [5.74, 6) is -0.204. The number of rotatable bonds is 3. The van der Waals surface area contributed by atoms with Gasteiger partial charge >= 0.3 is 5.97 Å². The minimum absolute atomic E-state index is 0.0692. The molecule has 0 saturated carbocycles. The minimum Gasteiger partial charge on any atom is -0.481 e. The standard InChI is InChI=1S/C9H10N4O3/c1-5-4-7(14)13-6(2-3-8(15)16)11-12-9(13)10-5/h4H,2-3H2,1H3,(H,10,12)(H,15,16). The Morgan fingerprint density at radius 2 is 2.38 bits per heavy atom. The van der Waals surface area contributed by atoms with Crippen LogP contribution in [0.3, 0.4) is 0 Å². The molecule has 0 unspecified atom stereocenters. The fourth-order valence-corrected chi connectivity index (χ4v) is 1.47. The smallest absolute Gasteiger partial charge is 0.303 e. The van der Waals surface area contributed by atoms with Crippen molar-refractivity contribution in [3.8, 4) is 0 Å². The van der Waals surface area contributed by atoms with Crippen LogP contribution in [0.4, 0.5) is 0 Å². The Balaban J connectivity index is 2.48. The molecule has 0 atom stereocenters. The van der Waals surface area contributed by atoms with E-state index >= 15 is 0 Å². The molecule has 7 nitrogen and oxygen atoms in total. The van der Waals surface area contributed by atoms with Gasteiger partial charge in [-0.1, -0.05) is 0 Å². The van der Waals surface area contributed by atoms with Gasteiger partial charge in [-0.2, -0.15) is 5.10 Å². The first kappa shape index (κ1) is 10.3. The number of aliphatic carboxylic acids is 1. The van der Waals surface area contributed by atoms with E-state index in [2.05, 4.69) is 15.2 Å². The highest BCUT2D eigenvalue weighted by Gasteiger charge is 2.10. The zero-order valence-corrected chi connectivity index (χ0v) is 8.60. The molecular formula is C9H10N4O3. The third-order valence-electron chi connectivity index (χ3n) is 2.15. The van der Waals surface area contributed by atoms with Crippen molar-refractivity contribution < 1.29 is 9.90 Å². The van der Waals surface area contributed by atoms with Crippen molar-refractivity contribution in [3.05, 3.63) is 27.9 Å². The van der Waals surface area contributed by atoms with E-state index in [1.54, 1.807) is 6.92 Å². The van der Waals surface area contributed by atoms with E-state index in [0.29, 0.717) is 17.3 Å². The van der Waals surface area contributed by atoms with Crippen LogP contribution in [-0.2, 0) is 11.2 Å². The van der Waals surface area contributed by atoms with Crippen LogP contribution in [0.15, 0.2) is 10.9 Å². The summed E-state index contributed by atoms with van der Waals surface area (Å²) in [4.78, 5) is 26.2. The highest BCUT2D eigenvalue weighted by atomic mass is 16.4. The third kappa shape index (κ3) is 1.79. The molecule has 84 valence electrons. The predicted octanol–water partition coefficient (Wildman–Crippen LogP) is -0.257. The number of hydrogen-bond acceptors (Lipinski definition) is 4. The summed E-state index contributed by atoms with van der Waals surface area (Å²) in [5, 5.41) is 15.0. The van der Waals surface area contributed by atoms with Crippen LogP contribution in [0.5, 0.6) is 0 Å². The fraction of sp³-hybridized carbons (Fsp3) is 0.333. The van der Waals surface area contributed by atoms with Crippen LogP contribution in [0.2, 0.25) is 0 Å². The lowest BCUT2D eigenvalue weighted by Crippen LogP contribution is -2.16. The number of carboxylic acid groups (broad SMARTS) is 1. The van der Waals surface area contributed by atoms with Gasteiger partial charge in [0, 0.05) is 18.2 Å². The number of carbonyl (C=O) groups is 1. The van der Waals surface area contributed by atoms with Crippen LogP contribution in [0.25, 0.3) is 5.78 Å². The number of carboxylic acids is 1. The number of fused-ring (bicyclic) bond motifs is 1. The molecule has 0 aromatic carbocycles. The van der Waals surface area contributed by atoms with Crippen LogP contribution in [0.1, 0.15) is 17.9 Å². The van der Waals surface area contributed by atoms with Gasteiger partial charge in [0.15, 0.2) is 0 Å². The number of aryl methyl sites for hydroxylation is 2. The molecule has 0 radical (unpaired) electrons. The molecule has 0 fully saturated rings. The van der Waals surface area contributed by atoms with E-state index in [0.717, 1.165) is 0 Å². The van der Waals surface area contributed by atoms with Crippen molar-refractivity contribution in [2.45, 2.75) is 19.8 Å². The second-order valence-corrected chi connectivity index (χ2v) is 3.43. The number of nitrogens with zero attached hydrogens (tertiary/aromatic N) is 3. The molecule has 2 N–H and O–H groups in total. The summed E-state index contributed by atoms with van der Waals surface area (Å²) in [7, 11) is 0. The van der Waals surface area contributed by atoms with Gasteiger partial charge in [0.2, 0.25) is 5.78 Å². The van der Waals surface area contributed by atoms with Gasteiger partial charge in [-0.15, -0.1) is 0 Å². The van der Waals surface area contributed by atoms with Gasteiger partial charge in [0.1, 0.15) is 5.82 Å². The molecule has 2 heterocycles. The summed E-state index contributed by atoms with van der Waals surface area (Å²) in [6.45, 7) is 1.71. The van der Waals surface area contributed by atoms with Gasteiger partial charge in [-0.3, -0.25) is 9.59 Å². The summed E-state index contributed by atoms with van der Waals surface area (Å²) in [6, 6.07) is 1.38. The average molecular weight is 222 g/mol. The van der Waals surface area contributed by atoms with E-state index < -0.39 is 5.97 Å². The summed E-state index contributed by atoms with van der Waals surface area (Å²) >= 11 is 0. The average Bonchev–Trinajstić information content (AvgIpc) is 2.57. The number of aromatic amines is 1. The van der Waals surface area contributed by atoms with E-state index in [9.17, 15) is 9.59 Å². The van der Waals surface area contributed by atoms with E-state index in [-0.39, 0.29) is 18.4 Å². The first-order chi connectivity index (χ1) is 7.58. The van der Waals surface area contributed by atoms with Gasteiger partial charge in [-0.05, 0) is 6.92 Å². The molecule has 0 bridgehead atoms. The SMILES string of the molecule is Cc1cc(=O)n2c(CCC(=O)O)n[nH]c2n1. The first-order valence-electron chi connectivity index (χ1n) is 4.73. The van der Waals surface area contributed by atoms with E-state index in [1.165, 1.54) is 10.5 Å². The van der Waals surface area contributed by atoms with Crippen molar-refractivity contribution in [2.24, 2.45) is 0 Å². The maximum Gasteiger partial charge on any atom is 0.303 e. The number of aromatic nitrogens is 4. The largest absolute Gasteiger partial charge is 0.481 e. The summed E-state index contributed by atoms with van der Waals surface area (Å²) < 4.78 is 1.29. The molecular weight excluding hydrogens is 212 g/mol. The molecule has 0 amide bonds. The lowest BCUT2D eigenvalue weighted by molar-refractivity contribution is -0.137. The predicted molar refractivity (Wildman–Crippen MR) is 54.3 cm³/mol. The highest BCUT2D eigenvalue weighted by Crippen LogP contribution is 2.01. The lowest BCUT2D eigenvalue weighted by atomic mass is 10.3. The van der Waals surface area contributed by atoms with E-state index in [4.69, 9.17) is 5.11 Å². The molecule has 0 aliphatic carbocycles. The van der Waals surface area contributed by atoms with Crippen molar-refractivity contribution in [1.29, 1.82) is 0 Å². The van der Waals surface area contributed by atoms with Crippen molar-refractivity contribution in [3.63, 3.8) is 0 Å². The van der Waals surface area contributed by atoms with Crippen LogP contribution >= 0.6 is 0 Å². The molecule has 16 heavy (non-hydrogen) atoms. The third-order valence-corrected chi connectivity index (χ3v) is 2.15. The second-order valence-electron chi connectivity index (χ2n) is 3.43. The first-order valence-corrected chi connectivity index (χ1v) is 4.73. The van der Waals surface area contributed by atoms with E-state index in [1.807, 2.05) is 0 Å². The number of nitrogens with one attached hydrogen (secondary N) is 1. The van der Waals surface area contributed by atoms with Gasteiger partial charge < -0.3 is 5.11 Å². The van der Waals surface area contributed by atoms with Crippen molar-refractivity contribution in [1.82, 2.24) is 19.6 Å². The molecule has 0 aliphatic rings. The van der Waals surface area contributed by atoms with Gasteiger partial charge in [0.25, 0.3) is 5.56 Å². The lowest BCUT2D eigenvalue weighted by Gasteiger charge is -1.96. The molecule has 0 aliphatic heterocycles. The van der Waals surface area contributed by atoms with Gasteiger partial charge in [-0.25, -0.2) is 14.5 Å². The molecule has 2 aromatic rings. The Hall–Kier alpha value is -2.18. The maximum atomic E-state index is 11.6. The Morgan fingerprint density at radius 1 is 1.62 bits per heavy atom. The van der Waals surface area contributed by atoms with Crippen molar-refractivity contribution >= 4 is 11.7 Å². The molecule has 2 rings (SSSR count). The van der Waals surface area contributed by atoms with Crippen LogP contribution in [0, 0.1) is 6.92 Å². The number of hydrogen-bond donors (Lipinski definition) is 2. The highest BCUT2D eigenvalue weighted by molar-refractivity contribution is 5.66. The van der Waals surface area contributed by atoms with Gasteiger partial charge in [0.05, 0.1) is 6.42 Å². The Morgan fingerprint density at radius 3 is 3.06 bits per heavy atom. The minimum atomic E-state index is -0.927. The van der Waals surface area contributed by atoms with Crippen molar-refractivity contribution in [2.75, 3.05) is 0 Å². The number of H-pyrrole nitrogens is 1. The monoisotopic (exact) mass is 222 g/mol. The molecule has 0 saturated heterocycles. The Bertz CT molecular complexity index is 598. The second kappa shape index (κ2) is 3.76. The summed E-state index contributed by atoms with van der Waals surface area (Å²) in [6.07, 6.45) is 0.125. The topological polar surface area (TPSA) is 100 Å². The molecule has 0 spiro atoms. The molecule has 2 aromatic heterocycles. The Kier molecular flexibility index (Phi) is 2.43. The maximum absolute atomic E-state index is 11.6. The summed E-state index contributed by atoms with van der Waals surface area (Å²) in [5.41, 5.74) is 0.343. The quantitative estimate of drug-likeness (QED) is 0.745. The zero-order chi connectivity index (χ0) is 11.7. The molecule has 7 heteroatoms. The Labute approximate surface area is 89.8 Å². The fourth-order valence-electron chi connectivity index (χ4n) is 1.47. The van der Waals surface area contributed by atoms with Crippen LogP contribution < -0.4 is 5.56 Å². The zero-order valence-electron chi connectivity index (χ0n) is 8.60. The normalized spacial score (nSPS) is 10.8. The van der Waals surface area contributed by atoms with Crippen LogP contribution in [-0.4, -0.2) is 30.7 Å².